The van der Waals surface area contributed by atoms with E-state index in [2.05, 4.69) is 20.9 Å². The Morgan fingerprint density at radius 3 is 2.66 bits per heavy atom. The summed E-state index contributed by atoms with van der Waals surface area (Å²) in [5.41, 5.74) is 0.126. The maximum absolute atomic E-state index is 14.1. The minimum Gasteiger partial charge on any atom is -0.479 e. The molecule has 6 rings (SSSR count). The molecule has 2 aliphatic carbocycles. The Bertz CT molecular complexity index is 1500. The van der Waals surface area contributed by atoms with Crippen molar-refractivity contribution in [2.24, 2.45) is 11.1 Å². The second-order valence-corrected chi connectivity index (χ2v) is 12.9. The van der Waals surface area contributed by atoms with Gasteiger partial charge in [0, 0.05) is 30.3 Å². The number of aromatic nitrogens is 2. The quantitative estimate of drug-likeness (QED) is 0.233. The van der Waals surface area contributed by atoms with Gasteiger partial charge in [0.2, 0.25) is 11.8 Å². The average molecular weight is 647 g/mol. The Morgan fingerprint density at radius 1 is 1.06 bits per heavy atom. The van der Waals surface area contributed by atoms with Crippen LogP contribution < -0.4 is 10.6 Å². The predicted octanol–water partition coefficient (Wildman–Crippen LogP) is 3.71. The van der Waals surface area contributed by atoms with Gasteiger partial charge in [0.25, 0.3) is 0 Å². The number of ether oxygens (including phenoxy) is 1. The van der Waals surface area contributed by atoms with Crippen molar-refractivity contribution in [1.82, 2.24) is 25.3 Å². The number of nitrogens with one attached hydrogen (secondary N) is 2. The molecule has 1 aromatic heterocycles. The number of oxime groups is 1. The monoisotopic (exact) mass is 646 g/mol. The summed E-state index contributed by atoms with van der Waals surface area (Å²) < 4.78 is 7.32. The zero-order chi connectivity index (χ0) is 32.8. The van der Waals surface area contributed by atoms with Crippen LogP contribution in [0, 0.1) is 5.92 Å². The molecule has 3 amide bonds. The first-order valence-electron chi connectivity index (χ1n) is 16.6. The van der Waals surface area contributed by atoms with Gasteiger partial charge in [-0.3, -0.25) is 9.59 Å². The summed E-state index contributed by atoms with van der Waals surface area (Å²) in [7, 11) is 0. The van der Waals surface area contributed by atoms with E-state index in [4.69, 9.17) is 9.57 Å². The molecule has 3 heterocycles. The molecule has 1 unspecified atom stereocenters. The van der Waals surface area contributed by atoms with Gasteiger partial charge in [-0.25, -0.2) is 14.3 Å². The number of carboxylic acids is 1. The topological polar surface area (TPSA) is 164 Å². The molecule has 2 aromatic rings. The number of para-hydroxylation sites is 1. The Kier molecular flexibility index (Phi) is 9.88. The average Bonchev–Trinajstić information content (AvgIpc) is 3.55. The van der Waals surface area contributed by atoms with E-state index in [1.165, 1.54) is 4.90 Å². The van der Waals surface area contributed by atoms with E-state index < -0.39 is 47.6 Å². The summed E-state index contributed by atoms with van der Waals surface area (Å²) in [6, 6.07) is 7.41. The molecule has 13 nitrogen and oxygen atoms in total. The summed E-state index contributed by atoms with van der Waals surface area (Å²) in [6.07, 6.45) is 14.9. The highest BCUT2D eigenvalue weighted by atomic mass is 16.6. The zero-order valence-corrected chi connectivity index (χ0v) is 26.3. The molecule has 2 aliphatic heterocycles. The number of fused-ring (bicyclic) bond motifs is 2. The number of carboxylic acid groups (broad SMARTS) is 1. The molecule has 3 fully saturated rings. The first kappa shape index (κ1) is 32.3. The highest BCUT2D eigenvalue weighted by Gasteiger charge is 2.61. The summed E-state index contributed by atoms with van der Waals surface area (Å²) in [5, 5.41) is 24.1. The van der Waals surface area contributed by atoms with Crippen molar-refractivity contribution in [3.05, 3.63) is 60.4 Å². The van der Waals surface area contributed by atoms with Crippen LogP contribution in [0.25, 0.3) is 5.69 Å². The largest absolute Gasteiger partial charge is 0.479 e. The van der Waals surface area contributed by atoms with E-state index in [-0.39, 0.29) is 31.4 Å². The van der Waals surface area contributed by atoms with Crippen molar-refractivity contribution in [3.63, 3.8) is 0 Å². The Hall–Kier alpha value is -4.68. The van der Waals surface area contributed by atoms with Crippen molar-refractivity contribution < 1.29 is 33.9 Å². The normalized spacial score (nSPS) is 29.2. The number of hydrogen-bond acceptors (Lipinski definition) is 8. The van der Waals surface area contributed by atoms with Crippen LogP contribution in [0.3, 0.4) is 0 Å². The number of nitrogens with zero attached hydrogens (tertiary/aromatic N) is 4. The van der Waals surface area contributed by atoms with Gasteiger partial charge in [-0.05, 0) is 63.5 Å². The Labute approximate surface area is 273 Å². The third kappa shape index (κ3) is 7.50. The van der Waals surface area contributed by atoms with Crippen LogP contribution in [0.1, 0.15) is 76.2 Å². The minimum atomic E-state index is -1.42. The molecule has 0 bridgehead atoms. The SMILES string of the molecule is O=C(N[C@H]1CCCCC/C=C\[C@@H]2CC2(C(=O)O)NC(=O)[C@@H]2C[C@@H](O/N=C/c3ccccc3-n3cccn3)CN2C1=O)OC1CCCC1. The van der Waals surface area contributed by atoms with Crippen LogP contribution in [0.2, 0.25) is 0 Å². The standard InChI is InChI=1S/C34H42N6O7/c41-30-29-19-26(47-36-21-23-11-6-9-16-28(23)40-18-10-17-35-40)22-39(29)31(42)27(37-33(45)46-25-13-7-8-14-25)15-5-3-1-2-4-12-24-20-34(24,38-30)32(43)44/h4,6,9-12,16-18,21,24-27,29H,1-3,5,7-8,13-15,19-20,22H2,(H,37,45)(H,38,41)(H,43,44)/b12-4-,36-21+/t24-,26-,27+,29+,34?/m1/s1. The maximum atomic E-state index is 14.1. The molecule has 0 radical (unpaired) electrons. The van der Waals surface area contributed by atoms with Gasteiger partial charge in [0.1, 0.15) is 29.8 Å². The molecular formula is C34H42N6O7. The lowest BCUT2D eigenvalue weighted by Crippen LogP contribution is -2.56. The molecule has 250 valence electrons. The molecule has 1 saturated heterocycles. The molecule has 47 heavy (non-hydrogen) atoms. The van der Waals surface area contributed by atoms with Crippen molar-refractivity contribution in [3.8, 4) is 5.69 Å². The molecule has 0 spiro atoms. The van der Waals surface area contributed by atoms with Gasteiger partial charge in [-0.1, -0.05) is 48.3 Å². The predicted molar refractivity (Wildman–Crippen MR) is 171 cm³/mol. The van der Waals surface area contributed by atoms with Gasteiger partial charge in [-0.2, -0.15) is 5.10 Å². The third-order valence-corrected chi connectivity index (χ3v) is 9.58. The van der Waals surface area contributed by atoms with Crippen LogP contribution >= 0.6 is 0 Å². The molecule has 1 aromatic carbocycles. The lowest BCUT2D eigenvalue weighted by atomic mass is 10.0. The highest BCUT2D eigenvalue weighted by Crippen LogP contribution is 2.45. The fraction of sp³-hybridized carbons (Fsp3) is 0.529. The van der Waals surface area contributed by atoms with Crippen LogP contribution in [0.15, 0.2) is 60.0 Å². The number of allylic oxidation sites excluding steroid dienone is 1. The second-order valence-electron chi connectivity index (χ2n) is 12.9. The number of carbonyl (C=O) groups is 4. The first-order chi connectivity index (χ1) is 22.8. The lowest BCUT2D eigenvalue weighted by Gasteiger charge is -2.29. The van der Waals surface area contributed by atoms with Crippen molar-refractivity contribution in [2.45, 2.75) is 100 Å². The third-order valence-electron chi connectivity index (χ3n) is 9.58. The van der Waals surface area contributed by atoms with Gasteiger partial charge >= 0.3 is 12.1 Å². The van der Waals surface area contributed by atoms with E-state index in [9.17, 15) is 24.3 Å². The van der Waals surface area contributed by atoms with Gasteiger partial charge in [-0.15, -0.1) is 0 Å². The molecular weight excluding hydrogens is 604 g/mol. The van der Waals surface area contributed by atoms with Crippen molar-refractivity contribution >= 4 is 30.1 Å². The maximum Gasteiger partial charge on any atom is 0.408 e. The van der Waals surface area contributed by atoms with Crippen LogP contribution in [0.5, 0.6) is 0 Å². The van der Waals surface area contributed by atoms with Crippen LogP contribution in [-0.2, 0) is 24.0 Å². The van der Waals surface area contributed by atoms with E-state index in [0.29, 0.717) is 12.8 Å². The fourth-order valence-corrected chi connectivity index (χ4v) is 6.86. The summed E-state index contributed by atoms with van der Waals surface area (Å²) in [6.45, 7) is 0.0360. The number of hydrogen-bond donors (Lipinski definition) is 3. The molecule has 2 saturated carbocycles. The van der Waals surface area contributed by atoms with Crippen molar-refractivity contribution in [1.29, 1.82) is 0 Å². The fourth-order valence-electron chi connectivity index (χ4n) is 6.86. The van der Waals surface area contributed by atoms with Crippen LogP contribution in [-0.4, -0.2) is 86.3 Å². The summed E-state index contributed by atoms with van der Waals surface area (Å²) >= 11 is 0. The Balaban J connectivity index is 1.22. The van der Waals surface area contributed by atoms with Gasteiger partial charge in [0.15, 0.2) is 0 Å². The Morgan fingerprint density at radius 2 is 1.87 bits per heavy atom. The molecule has 5 atom stereocenters. The number of rotatable bonds is 7. The second kappa shape index (κ2) is 14.4. The van der Waals surface area contributed by atoms with Gasteiger partial charge < -0.3 is 30.2 Å². The number of carbonyl (C=O) groups excluding carboxylic acids is 3. The number of aliphatic carboxylic acids is 1. The smallest absolute Gasteiger partial charge is 0.408 e. The highest BCUT2D eigenvalue weighted by molar-refractivity contribution is 5.96. The molecule has 13 heteroatoms. The number of alkyl carbamates (subject to hydrolysis) is 1. The van der Waals surface area contributed by atoms with E-state index in [1.807, 2.05) is 48.7 Å². The molecule has 3 N–H and O–H groups in total. The summed E-state index contributed by atoms with van der Waals surface area (Å²) in [5.74, 6) is -2.44. The first-order valence-corrected chi connectivity index (χ1v) is 16.6. The summed E-state index contributed by atoms with van der Waals surface area (Å²) in [4.78, 5) is 60.4. The number of amides is 3. The van der Waals surface area contributed by atoms with E-state index in [1.54, 1.807) is 17.1 Å². The van der Waals surface area contributed by atoms with E-state index >= 15 is 0 Å². The van der Waals surface area contributed by atoms with E-state index in [0.717, 1.165) is 56.2 Å². The minimum absolute atomic E-state index is 0.0360. The van der Waals surface area contributed by atoms with Crippen LogP contribution in [0.4, 0.5) is 4.79 Å². The van der Waals surface area contributed by atoms with Crippen molar-refractivity contribution in [2.75, 3.05) is 6.54 Å². The number of benzene rings is 1. The lowest BCUT2D eigenvalue weighted by molar-refractivity contribution is -0.145. The zero-order valence-electron chi connectivity index (χ0n) is 26.3. The molecule has 4 aliphatic rings. The van der Waals surface area contributed by atoms with Gasteiger partial charge in [0.05, 0.1) is 18.4 Å².